The summed E-state index contributed by atoms with van der Waals surface area (Å²) in [5.41, 5.74) is 4.45. The lowest BCUT2D eigenvalue weighted by Crippen LogP contribution is -1.88. The molecule has 0 aliphatic heterocycles. The molecule has 0 heteroatoms. The molecule has 2 aromatic carbocycles. The lowest BCUT2D eigenvalue weighted by atomic mass is 10.0. The van der Waals surface area contributed by atoms with Crippen LogP contribution in [0, 0.1) is 0 Å². The second kappa shape index (κ2) is 11.1. The van der Waals surface area contributed by atoms with Crippen molar-refractivity contribution in [3.63, 3.8) is 0 Å². The topological polar surface area (TPSA) is 0 Å². The summed E-state index contributed by atoms with van der Waals surface area (Å²) in [7, 11) is 0. The second-order valence-corrected chi connectivity index (χ2v) is 5.42. The summed E-state index contributed by atoms with van der Waals surface area (Å²) in [4.78, 5) is 0. The van der Waals surface area contributed by atoms with Crippen molar-refractivity contribution in [1.82, 2.24) is 0 Å². The van der Waals surface area contributed by atoms with Crippen molar-refractivity contribution in [2.24, 2.45) is 0 Å². The van der Waals surface area contributed by atoms with Gasteiger partial charge in [0.1, 0.15) is 0 Å². The molecule has 114 valence electrons. The Morgan fingerprint density at radius 1 is 0.619 bits per heavy atom. The Morgan fingerprint density at radius 2 is 1.14 bits per heavy atom. The average molecular weight is 282 g/mol. The highest BCUT2D eigenvalue weighted by Gasteiger charge is 1.94. The predicted molar refractivity (Wildman–Crippen MR) is 94.9 cm³/mol. The van der Waals surface area contributed by atoms with Crippen LogP contribution in [0.3, 0.4) is 0 Å². The van der Waals surface area contributed by atoms with Gasteiger partial charge in [-0.1, -0.05) is 88.2 Å². The smallest absolute Gasteiger partial charge is 0.0279 e. The minimum absolute atomic E-state index is 1.16. The van der Waals surface area contributed by atoms with Crippen LogP contribution in [0.25, 0.3) is 0 Å². The van der Waals surface area contributed by atoms with E-state index in [2.05, 4.69) is 75.4 Å². The Balaban J connectivity index is 0.000000211. The lowest BCUT2D eigenvalue weighted by Gasteiger charge is -2.02. The zero-order valence-electron chi connectivity index (χ0n) is 13.9. The predicted octanol–water partition coefficient (Wildman–Crippen LogP) is 6.23. The zero-order valence-corrected chi connectivity index (χ0v) is 13.9. The van der Waals surface area contributed by atoms with Gasteiger partial charge in [-0.05, 0) is 42.4 Å². The molecular formula is C21H30. The molecular weight excluding hydrogens is 252 g/mol. The van der Waals surface area contributed by atoms with Gasteiger partial charge in [0.25, 0.3) is 0 Å². The molecule has 0 aliphatic carbocycles. The summed E-state index contributed by atoms with van der Waals surface area (Å²) in [5, 5.41) is 0. The first-order valence-electron chi connectivity index (χ1n) is 8.42. The van der Waals surface area contributed by atoms with E-state index in [1.54, 1.807) is 0 Å². The van der Waals surface area contributed by atoms with Crippen LogP contribution in [0.15, 0.2) is 54.6 Å². The van der Waals surface area contributed by atoms with E-state index in [0.29, 0.717) is 0 Å². The van der Waals surface area contributed by atoms with E-state index in [0.717, 1.165) is 12.8 Å². The van der Waals surface area contributed by atoms with Crippen LogP contribution in [0.2, 0.25) is 0 Å². The van der Waals surface area contributed by atoms with E-state index < -0.39 is 0 Å². The van der Waals surface area contributed by atoms with Crippen LogP contribution >= 0.6 is 0 Å². The number of unbranched alkanes of at least 4 members (excludes halogenated alkanes) is 2. The fourth-order valence-electron chi connectivity index (χ4n) is 2.47. The van der Waals surface area contributed by atoms with Gasteiger partial charge in [-0.15, -0.1) is 0 Å². The van der Waals surface area contributed by atoms with Crippen LogP contribution < -0.4 is 0 Å². The number of hydrogen-bond acceptors (Lipinski definition) is 0. The summed E-state index contributed by atoms with van der Waals surface area (Å²) < 4.78 is 0. The van der Waals surface area contributed by atoms with Gasteiger partial charge in [0, 0.05) is 0 Å². The Labute approximate surface area is 131 Å². The van der Waals surface area contributed by atoms with E-state index in [-0.39, 0.29) is 0 Å². The molecule has 0 aromatic heterocycles. The van der Waals surface area contributed by atoms with Gasteiger partial charge in [-0.3, -0.25) is 0 Å². The van der Waals surface area contributed by atoms with Crippen LogP contribution in [0.4, 0.5) is 0 Å². The zero-order chi connectivity index (χ0) is 15.3. The molecule has 0 heterocycles. The van der Waals surface area contributed by atoms with Crippen LogP contribution in [-0.4, -0.2) is 0 Å². The third-order valence-corrected chi connectivity index (χ3v) is 3.79. The standard InChI is InChI=1S/C11H16.C10H14/c1-2-3-5-8-11-9-6-4-7-10-11;1-3-9-7-5-6-8-10(9)4-2/h4,6-7,9-10H,2-3,5,8H2,1H3;5-8H,3-4H2,1-2H3. The average Bonchev–Trinajstić information content (AvgIpc) is 2.56. The molecule has 0 nitrogen and oxygen atoms in total. The van der Waals surface area contributed by atoms with Crippen molar-refractivity contribution >= 4 is 0 Å². The Hall–Kier alpha value is -1.56. The fourth-order valence-corrected chi connectivity index (χ4v) is 2.47. The maximum absolute atomic E-state index is 2.24. The fraction of sp³-hybridized carbons (Fsp3) is 0.429. The number of rotatable bonds is 6. The van der Waals surface area contributed by atoms with E-state index in [1.807, 2.05) is 0 Å². The van der Waals surface area contributed by atoms with E-state index >= 15 is 0 Å². The maximum Gasteiger partial charge on any atom is -0.0279 e. The highest BCUT2D eigenvalue weighted by atomic mass is 14.0. The molecule has 21 heavy (non-hydrogen) atoms. The molecule has 0 aliphatic rings. The Morgan fingerprint density at radius 3 is 1.62 bits per heavy atom. The van der Waals surface area contributed by atoms with Crippen molar-refractivity contribution in [2.45, 2.75) is 59.3 Å². The second-order valence-electron chi connectivity index (χ2n) is 5.42. The third-order valence-electron chi connectivity index (χ3n) is 3.79. The minimum atomic E-state index is 1.16. The SMILES string of the molecule is CCCCCc1ccccc1.CCc1ccccc1CC. The van der Waals surface area contributed by atoms with Gasteiger partial charge in [0.2, 0.25) is 0 Å². The quantitative estimate of drug-likeness (QED) is 0.551. The van der Waals surface area contributed by atoms with Crippen molar-refractivity contribution in [2.75, 3.05) is 0 Å². The Bertz CT molecular complexity index is 447. The van der Waals surface area contributed by atoms with E-state index in [4.69, 9.17) is 0 Å². The minimum Gasteiger partial charge on any atom is -0.0654 e. The maximum atomic E-state index is 2.24. The van der Waals surface area contributed by atoms with Crippen molar-refractivity contribution in [1.29, 1.82) is 0 Å². The summed E-state index contributed by atoms with van der Waals surface area (Å²) in [6, 6.07) is 19.3. The number of aryl methyl sites for hydroxylation is 3. The third kappa shape index (κ3) is 7.13. The molecule has 2 aromatic rings. The van der Waals surface area contributed by atoms with E-state index in [1.165, 1.54) is 42.4 Å². The molecule has 0 atom stereocenters. The summed E-state index contributed by atoms with van der Waals surface area (Å²) in [6.45, 7) is 6.65. The van der Waals surface area contributed by atoms with Crippen molar-refractivity contribution in [3.05, 3.63) is 71.3 Å². The normalized spacial score (nSPS) is 9.86. The summed E-state index contributed by atoms with van der Waals surface area (Å²) in [6.07, 6.45) is 7.56. The van der Waals surface area contributed by atoms with Gasteiger partial charge in [0.15, 0.2) is 0 Å². The highest BCUT2D eigenvalue weighted by molar-refractivity contribution is 5.26. The lowest BCUT2D eigenvalue weighted by molar-refractivity contribution is 0.717. The van der Waals surface area contributed by atoms with Gasteiger partial charge in [0.05, 0.1) is 0 Å². The molecule has 0 saturated heterocycles. The Kier molecular flexibility index (Phi) is 9.28. The highest BCUT2D eigenvalue weighted by Crippen LogP contribution is 2.09. The molecule has 0 amide bonds. The first kappa shape index (κ1) is 17.5. The molecule has 0 unspecified atom stereocenters. The molecule has 0 saturated carbocycles. The van der Waals surface area contributed by atoms with Gasteiger partial charge < -0.3 is 0 Å². The van der Waals surface area contributed by atoms with Crippen LogP contribution in [-0.2, 0) is 19.3 Å². The van der Waals surface area contributed by atoms with Gasteiger partial charge in [-0.2, -0.15) is 0 Å². The first-order valence-corrected chi connectivity index (χ1v) is 8.42. The molecule has 0 N–H and O–H groups in total. The van der Waals surface area contributed by atoms with Crippen LogP contribution in [0.5, 0.6) is 0 Å². The van der Waals surface area contributed by atoms with Crippen molar-refractivity contribution in [3.8, 4) is 0 Å². The number of benzene rings is 2. The first-order chi connectivity index (χ1) is 10.3. The summed E-state index contributed by atoms with van der Waals surface area (Å²) >= 11 is 0. The number of hydrogen-bond donors (Lipinski definition) is 0. The largest absolute Gasteiger partial charge is 0.0654 e. The summed E-state index contributed by atoms with van der Waals surface area (Å²) in [5.74, 6) is 0. The van der Waals surface area contributed by atoms with Gasteiger partial charge in [-0.25, -0.2) is 0 Å². The van der Waals surface area contributed by atoms with Crippen molar-refractivity contribution < 1.29 is 0 Å². The van der Waals surface area contributed by atoms with E-state index in [9.17, 15) is 0 Å². The molecule has 0 spiro atoms. The molecule has 0 radical (unpaired) electrons. The molecule has 2 rings (SSSR count). The van der Waals surface area contributed by atoms with Gasteiger partial charge >= 0.3 is 0 Å². The monoisotopic (exact) mass is 282 g/mol. The molecule has 0 bridgehead atoms. The van der Waals surface area contributed by atoms with Crippen LogP contribution in [0.1, 0.15) is 56.7 Å². The molecule has 0 fully saturated rings.